The molecule has 0 bridgehead atoms. The van der Waals surface area contributed by atoms with Gasteiger partial charge < -0.3 is 0 Å². The maximum absolute atomic E-state index is 5.72. The molecule has 0 aliphatic carbocycles. The van der Waals surface area contributed by atoms with Crippen molar-refractivity contribution in [3.8, 4) is 0 Å². The van der Waals surface area contributed by atoms with E-state index in [1.54, 1.807) is 0 Å². The molecule has 0 aromatic heterocycles. The molecule has 0 heterocycles. The van der Waals surface area contributed by atoms with Gasteiger partial charge in [0.05, 0.1) is 0 Å². The van der Waals surface area contributed by atoms with Gasteiger partial charge in [-0.1, -0.05) is 0 Å². The Morgan fingerprint density at radius 1 is 1.20 bits per heavy atom. The molecule has 0 aliphatic heterocycles. The Labute approximate surface area is 82.3 Å². The van der Waals surface area contributed by atoms with Crippen molar-refractivity contribution < 1.29 is 4.49 Å². The first-order chi connectivity index (χ1) is 4.74. The van der Waals surface area contributed by atoms with Crippen LogP contribution in [-0.2, 0) is 4.49 Å². The van der Waals surface area contributed by atoms with E-state index in [4.69, 9.17) is 4.49 Å². The van der Waals surface area contributed by atoms with Gasteiger partial charge in [-0.05, 0) is 0 Å². The van der Waals surface area contributed by atoms with Gasteiger partial charge in [0.15, 0.2) is 0 Å². The molecule has 10 heavy (non-hydrogen) atoms. The minimum absolute atomic E-state index is 0.365. The van der Waals surface area contributed by atoms with E-state index in [0.29, 0.717) is 22.9 Å². The van der Waals surface area contributed by atoms with Gasteiger partial charge in [-0.15, -0.1) is 0 Å². The third kappa shape index (κ3) is 3.28. The molecule has 0 saturated heterocycles. The standard InChI is InChI=1S/C2H5O.2C2H5.O.2Sn.3H/c1-2-3;2*1-2;;;;;;/h2H2,1H3;2*1H2,2H3;;;;;;/q-1;;;;;+1;;;. The average Bonchev–Trinajstić information content (AvgIpc) is 2.01. The van der Waals surface area contributed by atoms with Crippen molar-refractivity contribution in [2.45, 2.75) is 29.6 Å². The van der Waals surface area contributed by atoms with Crippen molar-refractivity contribution in [3.63, 3.8) is 0 Å². The summed E-state index contributed by atoms with van der Waals surface area (Å²) in [7, 11) is 0. The van der Waals surface area contributed by atoms with E-state index in [1.807, 2.05) is 0 Å². The first kappa shape index (κ1) is 11.5. The molecule has 0 aromatic carbocycles. The van der Waals surface area contributed by atoms with E-state index in [0.717, 1.165) is 6.61 Å². The normalized spacial score (nSPS) is 12.3. The minimum atomic E-state index is -2.34. The van der Waals surface area contributed by atoms with Crippen molar-refractivity contribution in [3.05, 3.63) is 0 Å². The van der Waals surface area contributed by atoms with E-state index >= 15 is 0 Å². The Bertz CT molecular complexity index is 75.6. The molecule has 0 saturated carbocycles. The molecule has 0 unspecified atom stereocenters. The summed E-state index contributed by atoms with van der Waals surface area (Å²) in [4.78, 5) is 0. The molecule has 4 heteroatoms. The first-order valence-corrected chi connectivity index (χ1v) is 12.6. The zero-order valence-electron chi connectivity index (χ0n) is 7.44. The summed E-state index contributed by atoms with van der Waals surface area (Å²) in [5.41, 5.74) is 0. The van der Waals surface area contributed by atoms with Crippen LogP contribution in [0.25, 0.3) is 0 Å². The quantitative estimate of drug-likeness (QED) is 0.676. The Morgan fingerprint density at radius 2 is 1.70 bits per heavy atom. The number of hydrogen-bond donors (Lipinski definition) is 0. The van der Waals surface area contributed by atoms with Crippen LogP contribution in [0.3, 0.4) is 0 Å². The summed E-state index contributed by atoms with van der Waals surface area (Å²) in [6.07, 6.45) is 0. The molecule has 0 atom stereocenters. The summed E-state index contributed by atoms with van der Waals surface area (Å²) in [6, 6.07) is 0. The van der Waals surface area contributed by atoms with Gasteiger partial charge in [-0.25, -0.2) is 0 Å². The first-order valence-electron chi connectivity index (χ1n) is 3.93. The summed E-state index contributed by atoms with van der Waals surface area (Å²) >= 11 is -1.97. The maximum atomic E-state index is 5.72. The van der Waals surface area contributed by atoms with Gasteiger partial charge in [0.2, 0.25) is 0 Å². The van der Waals surface area contributed by atoms with E-state index < -0.39 is 19.2 Å². The topological polar surface area (TPSA) is 18.5 Å². The second-order valence-corrected chi connectivity index (χ2v) is 21.3. The van der Waals surface area contributed by atoms with Gasteiger partial charge >= 0.3 is 82.9 Å². The van der Waals surface area contributed by atoms with Crippen molar-refractivity contribution in [2.75, 3.05) is 6.61 Å². The average molecular weight is 360 g/mol. The van der Waals surface area contributed by atoms with E-state index in [1.165, 1.54) is 8.87 Å². The molecular formula is C6H18O2Sn2. The van der Waals surface area contributed by atoms with Crippen LogP contribution in [-0.4, -0.2) is 48.8 Å². The third-order valence-corrected chi connectivity index (χ3v) is 26.7. The molecule has 0 N–H and O–H groups in total. The van der Waals surface area contributed by atoms with Gasteiger partial charge in [-0.2, -0.15) is 0 Å². The van der Waals surface area contributed by atoms with E-state index in [9.17, 15) is 0 Å². The monoisotopic (exact) mass is 362 g/mol. The van der Waals surface area contributed by atoms with E-state index in [-0.39, 0.29) is 0 Å². The summed E-state index contributed by atoms with van der Waals surface area (Å²) in [5.74, 6) is 0. The molecule has 0 amide bonds. The summed E-state index contributed by atoms with van der Waals surface area (Å²) < 4.78 is 13.7. The molecule has 0 aromatic rings. The molecule has 0 fully saturated rings. The van der Waals surface area contributed by atoms with Gasteiger partial charge in [-0.3, -0.25) is 0 Å². The SMILES string of the molecule is CC[O][Sn]([CH2]C)([CH2]C)[O][SnH3]. The van der Waals surface area contributed by atoms with Crippen LogP contribution in [0.4, 0.5) is 0 Å². The van der Waals surface area contributed by atoms with Crippen LogP contribution in [0.15, 0.2) is 0 Å². The molecule has 0 rings (SSSR count). The van der Waals surface area contributed by atoms with Crippen LogP contribution in [0.2, 0.25) is 8.87 Å². The molecule has 0 aliphatic rings. The van der Waals surface area contributed by atoms with Crippen LogP contribution in [0, 0.1) is 0 Å². The summed E-state index contributed by atoms with van der Waals surface area (Å²) in [5, 5.41) is 0. The molecule has 0 spiro atoms. The Morgan fingerprint density at radius 3 is 1.80 bits per heavy atom. The Hall–Kier alpha value is 1.52. The van der Waals surface area contributed by atoms with Crippen LogP contribution in [0.1, 0.15) is 20.8 Å². The van der Waals surface area contributed by atoms with Crippen molar-refractivity contribution in [1.29, 1.82) is 0 Å². The zero-order chi connectivity index (χ0) is 8.04. The van der Waals surface area contributed by atoms with Crippen LogP contribution in [0.5, 0.6) is 0 Å². The number of hydrogen-bond acceptors (Lipinski definition) is 2. The molecule has 62 valence electrons. The fourth-order valence-electron chi connectivity index (χ4n) is 1.06. The molecular weight excluding hydrogens is 341 g/mol. The predicted octanol–water partition coefficient (Wildman–Crippen LogP) is 0.802. The van der Waals surface area contributed by atoms with Crippen LogP contribution < -0.4 is 0 Å². The van der Waals surface area contributed by atoms with Crippen molar-refractivity contribution in [1.82, 2.24) is 0 Å². The zero-order valence-corrected chi connectivity index (χ0v) is 16.0. The Kier molecular flexibility index (Phi) is 7.00. The van der Waals surface area contributed by atoms with Gasteiger partial charge in [0.25, 0.3) is 0 Å². The van der Waals surface area contributed by atoms with Crippen LogP contribution >= 0.6 is 0 Å². The van der Waals surface area contributed by atoms with Gasteiger partial charge in [0.1, 0.15) is 0 Å². The number of rotatable bonds is 5. The second kappa shape index (κ2) is 6.08. The van der Waals surface area contributed by atoms with Gasteiger partial charge in [0, 0.05) is 0 Å². The fourth-order valence-corrected chi connectivity index (χ4v) is 20.5. The second-order valence-electron chi connectivity index (χ2n) is 2.25. The third-order valence-electron chi connectivity index (χ3n) is 1.86. The molecule has 2 nitrogen and oxygen atoms in total. The summed E-state index contributed by atoms with van der Waals surface area (Å²) in [6.45, 7) is 7.30. The van der Waals surface area contributed by atoms with E-state index in [2.05, 4.69) is 20.8 Å². The predicted molar refractivity (Wildman–Crippen MR) is 49.4 cm³/mol. The fraction of sp³-hybridized carbons (Fsp3) is 1.00. The Balaban J connectivity index is 3.87. The van der Waals surface area contributed by atoms with Crippen molar-refractivity contribution >= 4 is 42.1 Å². The molecule has 0 radical (unpaired) electrons. The van der Waals surface area contributed by atoms with Crippen molar-refractivity contribution in [2.24, 2.45) is 0 Å².